The van der Waals surface area contributed by atoms with Gasteiger partial charge < -0.3 is 119 Å². The maximum Gasteiger partial charge on any atom is 0.246 e. The molecule has 0 bridgehead atoms. The van der Waals surface area contributed by atoms with Crippen LogP contribution in [-0.2, 0) is 89.6 Å². The summed E-state index contributed by atoms with van der Waals surface area (Å²) in [5, 5.41) is 33.1. The van der Waals surface area contributed by atoms with Crippen LogP contribution in [0.5, 0.6) is 0 Å². The summed E-state index contributed by atoms with van der Waals surface area (Å²) < 4.78 is 0. The van der Waals surface area contributed by atoms with E-state index in [2.05, 4.69) is 63.8 Å². The van der Waals surface area contributed by atoms with Gasteiger partial charge in [-0.2, -0.15) is 0 Å². The number of nitrogens with two attached hydrogens (primary N) is 7. The molecule has 17 atom stereocenters. The van der Waals surface area contributed by atoms with Gasteiger partial charge in [0.25, 0.3) is 0 Å². The van der Waals surface area contributed by atoms with Crippen molar-refractivity contribution in [1.82, 2.24) is 78.5 Å². The van der Waals surface area contributed by atoms with E-state index in [1.165, 1.54) is 11.8 Å². The van der Waals surface area contributed by atoms with Crippen LogP contribution >= 0.6 is 0 Å². The molecule has 0 unspecified atom stereocenters. The van der Waals surface area contributed by atoms with Crippen LogP contribution in [0.2, 0.25) is 0 Å². The van der Waals surface area contributed by atoms with Gasteiger partial charge in [-0.1, -0.05) is 99.2 Å². The molecule has 26 N–H and O–H groups in total. The SMILES string of the molecule is CC(=O)NCC(=O)N[C@@H](Cc1ccccc1)C(=O)N1[C@H](C(=O)NCC(=O)N[C@@H](CCCCN)C(=O)N2[C@H](C(=O)NCC(=O)N[C@@H](Cc3ccccc3)C(=O)N3[C@H](C(=O)NCC(=O)N[C@@H](CCCCN)C(=O)N[C@@H](CCCCN)C(=O)N[C@@H](CCCCN)C(=O)N[C@@H](CCCCN)C(=O)N[C@@H](CCCCN)C(N)=O)C[C@@H]4CCCC[C@@H]43)C[C@@H]3CCCC[C@@H]32)C[C@@H]2CCCC[C@@H]21. The van der Waals surface area contributed by atoms with Crippen molar-refractivity contribution in [1.29, 1.82) is 0 Å². The molecule has 3 aliphatic heterocycles. The molecule has 38 nitrogen and oxygen atoms in total. The number of fused-ring (bicyclic) bond motifs is 3. The Morgan fingerprint density at radius 3 is 0.853 bits per heavy atom. The molecule has 0 spiro atoms. The van der Waals surface area contributed by atoms with Crippen LogP contribution < -0.4 is 104 Å². The number of primary amides is 1. The van der Waals surface area contributed by atoms with Gasteiger partial charge in [0.2, 0.25) is 94.5 Å². The largest absolute Gasteiger partial charge is 0.368 e. The van der Waals surface area contributed by atoms with Gasteiger partial charge in [0.1, 0.15) is 66.5 Å². The zero-order valence-corrected chi connectivity index (χ0v) is 75.3. The Hall–Kier alpha value is -10.3. The van der Waals surface area contributed by atoms with Gasteiger partial charge in [-0.05, 0) is 242 Å². The minimum Gasteiger partial charge on any atom is -0.368 e. The molecule has 6 aliphatic rings. The Morgan fingerprint density at radius 1 is 0.310 bits per heavy atom. The molecule has 3 heterocycles. The Labute approximate surface area is 757 Å². The highest BCUT2D eigenvalue weighted by Gasteiger charge is 2.53. The smallest absolute Gasteiger partial charge is 0.246 e. The third-order valence-electron chi connectivity index (χ3n) is 26.1. The zero-order valence-electron chi connectivity index (χ0n) is 75.3. The van der Waals surface area contributed by atoms with E-state index in [1.54, 1.807) is 40.1 Å². The second kappa shape index (κ2) is 55.0. The van der Waals surface area contributed by atoms with E-state index in [9.17, 15) is 67.1 Å². The van der Waals surface area contributed by atoms with Crippen LogP contribution in [0.4, 0.5) is 0 Å². The lowest BCUT2D eigenvalue weighted by Crippen LogP contribution is -2.59. The van der Waals surface area contributed by atoms with Crippen molar-refractivity contribution in [3.05, 3.63) is 71.8 Å². The molecule has 6 fully saturated rings. The number of hydrogen-bond donors (Lipinski definition) is 19. The molecular weight excluding hydrogens is 1660 g/mol. The lowest BCUT2D eigenvalue weighted by Gasteiger charge is -2.36. The highest BCUT2D eigenvalue weighted by Crippen LogP contribution is 2.43. The quantitative estimate of drug-likeness (QED) is 0.0338. The van der Waals surface area contributed by atoms with E-state index in [-0.39, 0.29) is 121 Å². The van der Waals surface area contributed by atoms with Crippen LogP contribution in [0.3, 0.4) is 0 Å². The van der Waals surface area contributed by atoms with Gasteiger partial charge in [0, 0.05) is 37.9 Å². The normalized spacial score (nSPS) is 21.6. The fourth-order valence-corrected chi connectivity index (χ4v) is 19.4. The minimum atomic E-state index is -1.29. The Balaban J connectivity index is 0.929. The first-order chi connectivity index (χ1) is 62.2. The van der Waals surface area contributed by atoms with E-state index in [0.717, 1.165) is 50.5 Å². The van der Waals surface area contributed by atoms with Crippen LogP contribution in [0.25, 0.3) is 0 Å². The van der Waals surface area contributed by atoms with Gasteiger partial charge in [0.05, 0.1) is 26.2 Å². The van der Waals surface area contributed by atoms with Crippen LogP contribution in [-0.4, -0.2) is 259 Å². The highest BCUT2D eigenvalue weighted by atomic mass is 16.2. The lowest BCUT2D eigenvalue weighted by molar-refractivity contribution is -0.145. The number of nitrogens with one attached hydrogen (secondary N) is 12. The summed E-state index contributed by atoms with van der Waals surface area (Å²) in [7, 11) is 0. The van der Waals surface area contributed by atoms with Gasteiger partial charge in [-0.25, -0.2) is 0 Å². The minimum absolute atomic E-state index is 0.0238. The summed E-state index contributed by atoms with van der Waals surface area (Å²) in [5.41, 5.74) is 42.2. The maximum absolute atomic E-state index is 15.6. The third kappa shape index (κ3) is 32.4. The van der Waals surface area contributed by atoms with Crippen LogP contribution in [0.1, 0.15) is 230 Å². The predicted molar refractivity (Wildman–Crippen MR) is 483 cm³/mol. The lowest BCUT2D eigenvalue weighted by atomic mass is 9.84. The van der Waals surface area contributed by atoms with Crippen molar-refractivity contribution >= 4 is 94.5 Å². The molecule has 38 heteroatoms. The number of amides is 16. The number of nitrogens with zero attached hydrogens (tertiary/aromatic N) is 3. The molecule has 2 aromatic rings. The fraction of sp³-hybridized carbons (Fsp3) is 0.692. The van der Waals surface area contributed by atoms with E-state index < -0.39 is 193 Å². The summed E-state index contributed by atoms with van der Waals surface area (Å²) in [6.45, 7) is 0.820. The summed E-state index contributed by atoms with van der Waals surface area (Å²) in [4.78, 5) is 233. The second-order valence-electron chi connectivity index (χ2n) is 35.6. The number of carbonyl (C=O) groups excluding carboxylic acids is 16. The standard InChI is InChI=1S/C91H146N22O16/c1-57(114)99-53-77(115)105-69(48-58-26-4-2-5-27-58)90(128)112-72-40-12-9-32-62(72)52-76(112)88(126)101-55-79(117)104-68(38-19-25-47-97)89(127)111-71-39-11-8-30-60(71)50-74(111)86(124)102-56-80(118)106-70(49-59-28-6-3-7-29-59)91(129)113-73-41-13-10-31-61(73)51-75(113)87(125)100-54-78(116)103-64(34-15-21-43-93)82(120)108-66(36-17-23-45-95)84(122)110-67(37-18-24-46-96)85(123)109-65(35-16-22-44-94)83(121)107-63(81(98)119)33-14-20-42-92/h2-7,26-29,60-76H,8-25,30-56,92-97H2,1H3,(H2,98,119)(H,99,114)(H,100,125)(H,101,126)(H,102,124)(H,103,116)(H,104,117)(H,105,115)(H,106,118)(H,107,121)(H,108,120)(H,109,123)(H,110,122)/t60-,61-,62-,63-,64-,65-,66-,67-,68-,69-,70-,71-,72-,73-,74-,75-,76-/m0/s1. The average Bonchev–Trinajstić information content (AvgIpc) is 1.64. The number of carbonyl (C=O) groups is 16. The summed E-state index contributed by atoms with van der Waals surface area (Å²) in [6, 6.07) is 4.18. The number of likely N-dealkylation sites (tertiary alicyclic amines) is 3. The molecular formula is C91H146N22O16. The van der Waals surface area contributed by atoms with Gasteiger partial charge in [-0.15, -0.1) is 0 Å². The van der Waals surface area contributed by atoms with Crippen LogP contribution in [0, 0.1) is 17.8 Å². The molecule has 3 saturated heterocycles. The number of rotatable bonds is 55. The maximum atomic E-state index is 15.6. The highest BCUT2D eigenvalue weighted by molar-refractivity contribution is 6.00. The van der Waals surface area contributed by atoms with Crippen molar-refractivity contribution in [3.63, 3.8) is 0 Å². The first kappa shape index (κ1) is 104. The first-order valence-corrected chi connectivity index (χ1v) is 47.2. The van der Waals surface area contributed by atoms with Crippen molar-refractivity contribution in [2.45, 2.75) is 316 Å². The molecule has 0 radical (unpaired) electrons. The molecule has 716 valence electrons. The van der Waals surface area contributed by atoms with E-state index >= 15 is 9.59 Å². The first-order valence-electron chi connectivity index (χ1n) is 47.2. The summed E-state index contributed by atoms with van der Waals surface area (Å²) in [6.07, 6.45) is 15.8. The van der Waals surface area contributed by atoms with E-state index in [1.807, 2.05) is 30.3 Å². The topological polar surface area (TPSA) is 609 Å². The third-order valence-corrected chi connectivity index (χ3v) is 26.1. The van der Waals surface area contributed by atoms with Crippen molar-refractivity contribution in [2.24, 2.45) is 57.9 Å². The zero-order chi connectivity index (χ0) is 93.3. The van der Waals surface area contributed by atoms with Gasteiger partial charge in [0.15, 0.2) is 0 Å². The van der Waals surface area contributed by atoms with Gasteiger partial charge in [-0.3, -0.25) is 76.7 Å². The van der Waals surface area contributed by atoms with Crippen molar-refractivity contribution in [3.8, 4) is 0 Å². The monoisotopic (exact) mass is 1800 g/mol. The fourth-order valence-electron chi connectivity index (χ4n) is 19.4. The van der Waals surface area contributed by atoms with Crippen molar-refractivity contribution < 1.29 is 76.7 Å². The molecule has 129 heavy (non-hydrogen) atoms. The van der Waals surface area contributed by atoms with E-state index in [4.69, 9.17) is 40.1 Å². The molecule has 8 rings (SSSR count). The van der Waals surface area contributed by atoms with E-state index in [0.29, 0.717) is 134 Å². The number of unbranched alkanes of at least 4 members (excludes halogenated alkanes) is 6. The summed E-state index contributed by atoms with van der Waals surface area (Å²) in [5.74, 6) is -10.6. The predicted octanol–water partition coefficient (Wildman–Crippen LogP) is -1.43. The molecule has 3 saturated carbocycles. The van der Waals surface area contributed by atoms with Gasteiger partial charge >= 0.3 is 0 Å². The molecule has 16 amide bonds. The summed E-state index contributed by atoms with van der Waals surface area (Å²) >= 11 is 0. The van der Waals surface area contributed by atoms with Crippen molar-refractivity contribution in [2.75, 3.05) is 65.4 Å². The number of hydrogen-bond acceptors (Lipinski definition) is 22. The molecule has 3 aliphatic carbocycles. The second-order valence-corrected chi connectivity index (χ2v) is 35.6. The Bertz CT molecular complexity index is 4020. The molecule has 0 aromatic heterocycles. The Kier molecular flexibility index (Phi) is 44.4. The molecule has 2 aromatic carbocycles. The average molecular weight is 1800 g/mol. The van der Waals surface area contributed by atoms with Crippen LogP contribution in [0.15, 0.2) is 60.7 Å². The Morgan fingerprint density at radius 2 is 0.558 bits per heavy atom. The number of benzene rings is 2.